The number of amides is 2. The average molecular weight is 447 g/mol. The van der Waals surface area contributed by atoms with Crippen LogP contribution in [0.25, 0.3) is 0 Å². The molecule has 2 aromatic carbocycles. The molecule has 0 saturated carbocycles. The molecule has 0 aliphatic rings. The molecule has 2 unspecified atom stereocenters. The number of nitrogens with zero attached hydrogens (tertiary/aromatic N) is 1. The van der Waals surface area contributed by atoms with Gasteiger partial charge in [-0.2, -0.15) is 0 Å². The third kappa shape index (κ3) is 7.16. The van der Waals surface area contributed by atoms with Crippen molar-refractivity contribution in [2.24, 2.45) is 0 Å². The topological polar surface area (TPSA) is 121 Å². The third-order valence-corrected chi connectivity index (χ3v) is 5.12. The second-order valence-corrected chi connectivity index (χ2v) is 7.53. The van der Waals surface area contributed by atoms with Gasteiger partial charge in [0.15, 0.2) is 0 Å². The third-order valence-electron chi connectivity index (χ3n) is 5.12. The van der Waals surface area contributed by atoms with Gasteiger partial charge in [0, 0.05) is 12.4 Å². The first-order valence-corrected chi connectivity index (χ1v) is 10.5. The van der Waals surface area contributed by atoms with Crippen LogP contribution in [0.5, 0.6) is 5.75 Å². The van der Waals surface area contributed by atoms with Crippen LogP contribution in [0.2, 0.25) is 0 Å². The molecule has 3 aromatic rings. The number of methoxy groups -OCH3 is 1. The lowest BCUT2D eigenvalue weighted by Gasteiger charge is -2.22. The highest BCUT2D eigenvalue weighted by molar-refractivity contribution is 6.43. The highest BCUT2D eigenvalue weighted by Gasteiger charge is 2.27. The molecule has 170 valence electrons. The van der Waals surface area contributed by atoms with Crippen molar-refractivity contribution in [3.63, 3.8) is 0 Å². The van der Waals surface area contributed by atoms with Gasteiger partial charge in [-0.05, 0) is 41.8 Å². The van der Waals surface area contributed by atoms with Crippen molar-refractivity contribution in [1.82, 2.24) is 15.6 Å². The average Bonchev–Trinajstić information content (AvgIpc) is 2.84. The van der Waals surface area contributed by atoms with Gasteiger partial charge >= 0.3 is 7.12 Å². The number of ether oxygens (including phenoxy) is 1. The molecule has 8 nitrogen and oxygen atoms in total. The molecule has 0 radical (unpaired) electrons. The van der Waals surface area contributed by atoms with E-state index in [0.717, 1.165) is 5.56 Å². The summed E-state index contributed by atoms with van der Waals surface area (Å²) in [5.74, 6) is -1.14. The molecule has 2 atom stereocenters. The minimum atomic E-state index is -1.74. The summed E-state index contributed by atoms with van der Waals surface area (Å²) in [7, 11) is -0.208. The maximum Gasteiger partial charge on any atom is 0.475 e. The van der Waals surface area contributed by atoms with Crippen molar-refractivity contribution < 1.29 is 24.4 Å². The molecule has 0 spiro atoms. The van der Waals surface area contributed by atoms with Gasteiger partial charge in [-0.25, -0.2) is 0 Å². The van der Waals surface area contributed by atoms with Gasteiger partial charge in [-0.15, -0.1) is 0 Å². The molecule has 1 aromatic heterocycles. The number of benzene rings is 2. The molecule has 0 saturated heterocycles. The van der Waals surface area contributed by atoms with E-state index < -0.39 is 25.0 Å². The molecular weight excluding hydrogens is 421 g/mol. The number of hydrogen-bond acceptors (Lipinski definition) is 6. The minimum Gasteiger partial charge on any atom is -0.497 e. The van der Waals surface area contributed by atoms with Crippen LogP contribution < -0.4 is 15.4 Å². The van der Waals surface area contributed by atoms with Gasteiger partial charge in [0.25, 0.3) is 5.91 Å². The van der Waals surface area contributed by atoms with Crippen LogP contribution in [0.4, 0.5) is 0 Å². The van der Waals surface area contributed by atoms with E-state index in [1.54, 1.807) is 42.6 Å². The molecule has 3 rings (SSSR count). The Bertz CT molecular complexity index is 1050. The van der Waals surface area contributed by atoms with Gasteiger partial charge in [0.05, 0.1) is 31.1 Å². The monoisotopic (exact) mass is 447 g/mol. The zero-order chi connectivity index (χ0) is 23.6. The Labute approximate surface area is 192 Å². The molecule has 0 aliphatic carbocycles. The van der Waals surface area contributed by atoms with Crippen LogP contribution in [-0.4, -0.2) is 47.0 Å². The normalized spacial score (nSPS) is 12.3. The van der Waals surface area contributed by atoms with Crippen molar-refractivity contribution in [3.8, 4) is 5.75 Å². The first-order chi connectivity index (χ1) is 16.0. The number of carbonyl (C=O) groups excluding carboxylic acids is 2. The van der Waals surface area contributed by atoms with Gasteiger partial charge in [-0.1, -0.05) is 42.5 Å². The van der Waals surface area contributed by atoms with E-state index in [2.05, 4.69) is 15.6 Å². The molecule has 9 heteroatoms. The molecule has 0 bridgehead atoms. The molecule has 1 heterocycles. The SMILES string of the molecule is COc1cccc(C(CC(=O)NC(Cc2ccccc2)B(O)O)NC(=O)c2cccnc2)c1. The van der Waals surface area contributed by atoms with E-state index >= 15 is 0 Å². The lowest BCUT2D eigenvalue weighted by atomic mass is 9.76. The van der Waals surface area contributed by atoms with Crippen LogP contribution >= 0.6 is 0 Å². The van der Waals surface area contributed by atoms with E-state index in [1.165, 1.54) is 13.3 Å². The zero-order valence-corrected chi connectivity index (χ0v) is 18.2. The number of carbonyl (C=O) groups is 2. The fourth-order valence-electron chi connectivity index (χ4n) is 3.40. The highest BCUT2D eigenvalue weighted by atomic mass is 16.5. The van der Waals surface area contributed by atoms with Gasteiger partial charge in [-0.3, -0.25) is 14.6 Å². The number of hydrogen-bond donors (Lipinski definition) is 4. The molecule has 33 heavy (non-hydrogen) atoms. The van der Waals surface area contributed by atoms with Crippen LogP contribution in [-0.2, 0) is 11.2 Å². The fourth-order valence-corrected chi connectivity index (χ4v) is 3.40. The zero-order valence-electron chi connectivity index (χ0n) is 18.2. The Balaban J connectivity index is 1.76. The van der Waals surface area contributed by atoms with E-state index in [9.17, 15) is 19.6 Å². The number of aromatic nitrogens is 1. The fraction of sp³-hybridized carbons (Fsp3) is 0.208. The first-order valence-electron chi connectivity index (χ1n) is 10.5. The molecule has 0 aliphatic heterocycles. The molecule has 4 N–H and O–H groups in total. The summed E-state index contributed by atoms with van der Waals surface area (Å²) in [4.78, 5) is 29.6. The smallest absolute Gasteiger partial charge is 0.475 e. The molecule has 2 amide bonds. The summed E-state index contributed by atoms with van der Waals surface area (Å²) in [6.45, 7) is 0. The van der Waals surface area contributed by atoms with Gasteiger partial charge < -0.3 is 25.4 Å². The Hall–Kier alpha value is -3.69. The number of nitrogens with one attached hydrogen (secondary N) is 2. The van der Waals surface area contributed by atoms with E-state index in [1.807, 2.05) is 30.3 Å². The van der Waals surface area contributed by atoms with E-state index in [0.29, 0.717) is 16.9 Å². The minimum absolute atomic E-state index is 0.114. The van der Waals surface area contributed by atoms with Crippen molar-refractivity contribution in [2.45, 2.75) is 24.8 Å². The van der Waals surface area contributed by atoms with E-state index in [4.69, 9.17) is 4.74 Å². The van der Waals surface area contributed by atoms with Crippen molar-refractivity contribution >= 4 is 18.9 Å². The summed E-state index contributed by atoms with van der Waals surface area (Å²) in [6, 6.07) is 18.9. The molecule has 0 fully saturated rings. The lowest BCUT2D eigenvalue weighted by Crippen LogP contribution is -2.48. The summed E-state index contributed by atoms with van der Waals surface area (Å²) in [5.41, 5.74) is 1.88. The second kappa shape index (κ2) is 11.8. The Morgan fingerprint density at radius 2 is 1.82 bits per heavy atom. The second-order valence-electron chi connectivity index (χ2n) is 7.53. The quantitative estimate of drug-likeness (QED) is 0.351. The predicted octanol–water partition coefficient (Wildman–Crippen LogP) is 1.69. The summed E-state index contributed by atoms with van der Waals surface area (Å²) in [5, 5.41) is 25.1. The van der Waals surface area contributed by atoms with Crippen LogP contribution in [0.3, 0.4) is 0 Å². The summed E-state index contributed by atoms with van der Waals surface area (Å²) < 4.78 is 5.27. The Morgan fingerprint density at radius 3 is 2.48 bits per heavy atom. The standard InChI is InChI=1S/C24H26BN3O5/c1-33-20-11-5-9-18(14-20)21(27-24(30)19-10-6-12-26-16-19)15-23(29)28-22(25(31)32)13-17-7-3-2-4-8-17/h2-12,14,16,21-22,31-32H,13,15H2,1H3,(H,27,30)(H,28,29). The van der Waals surface area contributed by atoms with Crippen molar-refractivity contribution in [1.29, 1.82) is 0 Å². The van der Waals surface area contributed by atoms with Gasteiger partial charge in [0.1, 0.15) is 5.75 Å². The lowest BCUT2D eigenvalue weighted by molar-refractivity contribution is -0.122. The molecular formula is C24H26BN3O5. The number of rotatable bonds is 10. The van der Waals surface area contributed by atoms with Crippen LogP contribution in [0.1, 0.15) is 33.9 Å². The maximum absolute atomic E-state index is 12.9. The first kappa shape index (κ1) is 24.0. The summed E-state index contributed by atoms with van der Waals surface area (Å²) in [6.07, 6.45) is 3.14. The Morgan fingerprint density at radius 1 is 1.03 bits per heavy atom. The summed E-state index contributed by atoms with van der Waals surface area (Å²) >= 11 is 0. The predicted molar refractivity (Wildman–Crippen MR) is 124 cm³/mol. The Kier molecular flexibility index (Phi) is 8.57. The largest absolute Gasteiger partial charge is 0.497 e. The van der Waals surface area contributed by atoms with E-state index in [-0.39, 0.29) is 18.7 Å². The van der Waals surface area contributed by atoms with Crippen LogP contribution in [0.15, 0.2) is 79.1 Å². The highest BCUT2D eigenvalue weighted by Crippen LogP contribution is 2.22. The maximum atomic E-state index is 12.9. The van der Waals surface area contributed by atoms with Crippen LogP contribution in [0, 0.1) is 0 Å². The van der Waals surface area contributed by atoms with Crippen molar-refractivity contribution in [3.05, 3.63) is 95.8 Å². The number of pyridine rings is 1. The van der Waals surface area contributed by atoms with Gasteiger partial charge in [0.2, 0.25) is 5.91 Å². The van der Waals surface area contributed by atoms with Crippen molar-refractivity contribution in [2.75, 3.05) is 7.11 Å².